The molecule has 0 bridgehead atoms. The molecular formula is C13H20N2O3S. The molecule has 106 valence electrons. The first-order valence-electron chi connectivity index (χ1n) is 6.23. The van der Waals surface area contributed by atoms with E-state index in [-0.39, 0.29) is 4.90 Å². The first kappa shape index (κ1) is 15.5. The van der Waals surface area contributed by atoms with Gasteiger partial charge in [0, 0.05) is 13.6 Å². The van der Waals surface area contributed by atoms with Crippen LogP contribution < -0.4 is 5.32 Å². The number of carbonyl (C=O) groups excluding carboxylic acids is 1. The Bertz CT molecular complexity index is 523. The van der Waals surface area contributed by atoms with Crippen LogP contribution in [-0.2, 0) is 10.0 Å². The highest BCUT2D eigenvalue weighted by atomic mass is 32.2. The molecule has 0 saturated heterocycles. The van der Waals surface area contributed by atoms with E-state index in [1.165, 1.54) is 19.2 Å². The summed E-state index contributed by atoms with van der Waals surface area (Å²) < 4.78 is 25.1. The largest absolute Gasteiger partial charge is 0.337 e. The van der Waals surface area contributed by atoms with Gasteiger partial charge in [0.15, 0.2) is 0 Å². The molecule has 0 aliphatic rings. The lowest BCUT2D eigenvalue weighted by Crippen LogP contribution is -2.41. The van der Waals surface area contributed by atoms with Crippen molar-refractivity contribution < 1.29 is 13.2 Å². The van der Waals surface area contributed by atoms with Gasteiger partial charge in [-0.2, -0.15) is 0 Å². The summed E-state index contributed by atoms with van der Waals surface area (Å²) in [5.41, 5.74) is 0.967. The maximum atomic E-state index is 12.2. The van der Waals surface area contributed by atoms with Gasteiger partial charge in [0.25, 0.3) is 10.0 Å². The summed E-state index contributed by atoms with van der Waals surface area (Å²) in [5, 5.41) is 2.58. The van der Waals surface area contributed by atoms with Crippen molar-refractivity contribution in [2.24, 2.45) is 0 Å². The maximum Gasteiger partial charge on any atom is 0.331 e. The summed E-state index contributed by atoms with van der Waals surface area (Å²) >= 11 is 0. The van der Waals surface area contributed by atoms with Gasteiger partial charge in [-0.1, -0.05) is 31.0 Å². The number of hydrogen-bond acceptors (Lipinski definition) is 3. The molecule has 1 N–H and O–H groups in total. The van der Waals surface area contributed by atoms with E-state index in [4.69, 9.17) is 0 Å². The summed E-state index contributed by atoms with van der Waals surface area (Å²) in [6, 6.07) is 5.81. The van der Waals surface area contributed by atoms with E-state index >= 15 is 0 Å². The Balaban J connectivity index is 2.82. The minimum atomic E-state index is -3.77. The highest BCUT2D eigenvalue weighted by Gasteiger charge is 2.24. The Morgan fingerprint density at radius 2 is 1.84 bits per heavy atom. The molecule has 5 nitrogen and oxygen atoms in total. The molecule has 0 aliphatic heterocycles. The second-order valence-corrected chi connectivity index (χ2v) is 6.34. The van der Waals surface area contributed by atoms with Crippen molar-refractivity contribution in [1.29, 1.82) is 0 Å². The van der Waals surface area contributed by atoms with E-state index < -0.39 is 16.1 Å². The fraction of sp³-hybridized carbons (Fsp3) is 0.462. The lowest BCUT2D eigenvalue weighted by Gasteiger charge is -2.18. The molecule has 2 amide bonds. The Hall–Kier alpha value is -1.56. The molecule has 0 fully saturated rings. The number of amides is 2. The molecule has 1 aromatic carbocycles. The fourth-order valence-electron chi connectivity index (χ4n) is 1.46. The molecule has 0 unspecified atom stereocenters. The van der Waals surface area contributed by atoms with Gasteiger partial charge in [-0.15, -0.1) is 0 Å². The summed E-state index contributed by atoms with van der Waals surface area (Å²) in [5.74, 6) is 0. The van der Waals surface area contributed by atoms with Crippen LogP contribution in [0.1, 0.15) is 25.3 Å². The number of carbonyl (C=O) groups is 1. The predicted octanol–water partition coefficient (Wildman–Crippen LogP) is 2.13. The van der Waals surface area contributed by atoms with Crippen molar-refractivity contribution >= 4 is 16.1 Å². The van der Waals surface area contributed by atoms with Gasteiger partial charge in [0.05, 0.1) is 4.90 Å². The van der Waals surface area contributed by atoms with Crippen LogP contribution >= 0.6 is 0 Å². The summed E-state index contributed by atoms with van der Waals surface area (Å²) in [7, 11) is -2.51. The fourth-order valence-corrected chi connectivity index (χ4v) is 2.54. The van der Waals surface area contributed by atoms with Crippen molar-refractivity contribution in [3.05, 3.63) is 29.8 Å². The van der Waals surface area contributed by atoms with Crippen molar-refractivity contribution in [2.45, 2.75) is 31.6 Å². The number of sulfonamides is 1. The standard InChI is InChI=1S/C13H20N2O3S/c1-4-5-10-14-13(16)15(3)19(17,18)12-8-6-11(2)7-9-12/h6-9H,4-5,10H2,1-3H3,(H,14,16). The number of hydrogen-bond donors (Lipinski definition) is 1. The summed E-state index contributed by atoms with van der Waals surface area (Å²) in [4.78, 5) is 11.9. The number of unbranched alkanes of at least 4 members (excludes halogenated alkanes) is 1. The van der Waals surface area contributed by atoms with Gasteiger partial charge >= 0.3 is 6.03 Å². The van der Waals surface area contributed by atoms with Crippen LogP contribution in [-0.4, -0.2) is 32.3 Å². The molecular weight excluding hydrogens is 264 g/mol. The smallest absolute Gasteiger partial charge is 0.331 e. The van der Waals surface area contributed by atoms with E-state index in [0.717, 1.165) is 22.7 Å². The molecule has 0 spiro atoms. The van der Waals surface area contributed by atoms with Gasteiger partial charge in [0.1, 0.15) is 0 Å². The van der Waals surface area contributed by atoms with Gasteiger partial charge in [-0.25, -0.2) is 17.5 Å². The van der Waals surface area contributed by atoms with Gasteiger partial charge in [-0.05, 0) is 25.5 Å². The average Bonchev–Trinajstić information content (AvgIpc) is 2.38. The molecule has 1 aromatic rings. The number of benzene rings is 1. The van der Waals surface area contributed by atoms with Crippen molar-refractivity contribution in [3.63, 3.8) is 0 Å². The highest BCUT2D eigenvalue weighted by molar-refractivity contribution is 7.89. The number of nitrogens with zero attached hydrogens (tertiary/aromatic N) is 1. The zero-order valence-electron chi connectivity index (χ0n) is 11.5. The summed E-state index contributed by atoms with van der Waals surface area (Å²) in [6.07, 6.45) is 1.76. The first-order valence-corrected chi connectivity index (χ1v) is 7.67. The van der Waals surface area contributed by atoms with Crippen molar-refractivity contribution in [3.8, 4) is 0 Å². The molecule has 0 heterocycles. The van der Waals surface area contributed by atoms with E-state index in [1.54, 1.807) is 12.1 Å². The topological polar surface area (TPSA) is 66.5 Å². The van der Waals surface area contributed by atoms with E-state index in [2.05, 4.69) is 5.32 Å². The molecule has 0 radical (unpaired) electrons. The molecule has 0 saturated carbocycles. The zero-order chi connectivity index (χ0) is 14.5. The second kappa shape index (κ2) is 6.56. The SMILES string of the molecule is CCCCNC(=O)N(C)S(=O)(=O)c1ccc(C)cc1. The quantitative estimate of drug-likeness (QED) is 0.842. The van der Waals surface area contributed by atoms with E-state index in [9.17, 15) is 13.2 Å². The Morgan fingerprint density at radius 3 is 2.37 bits per heavy atom. The molecule has 6 heteroatoms. The van der Waals surface area contributed by atoms with Crippen LogP contribution in [0.15, 0.2) is 29.2 Å². The monoisotopic (exact) mass is 284 g/mol. The van der Waals surface area contributed by atoms with Crippen LogP contribution in [0.2, 0.25) is 0 Å². The minimum Gasteiger partial charge on any atom is -0.337 e. The third-order valence-corrected chi connectivity index (χ3v) is 4.53. The zero-order valence-corrected chi connectivity index (χ0v) is 12.3. The third kappa shape index (κ3) is 3.96. The minimum absolute atomic E-state index is 0.117. The first-order chi connectivity index (χ1) is 8.89. The number of rotatable bonds is 5. The van der Waals surface area contributed by atoms with Crippen LogP contribution in [0, 0.1) is 6.92 Å². The lowest BCUT2D eigenvalue weighted by atomic mass is 10.2. The van der Waals surface area contributed by atoms with Crippen molar-refractivity contribution in [1.82, 2.24) is 9.62 Å². The van der Waals surface area contributed by atoms with E-state index in [0.29, 0.717) is 6.54 Å². The molecule has 0 aliphatic carbocycles. The summed E-state index contributed by atoms with van der Waals surface area (Å²) in [6.45, 7) is 4.35. The van der Waals surface area contributed by atoms with Crippen LogP contribution in [0.25, 0.3) is 0 Å². The predicted molar refractivity (Wildman–Crippen MR) is 74.4 cm³/mol. The second-order valence-electron chi connectivity index (χ2n) is 4.37. The maximum absolute atomic E-state index is 12.2. The number of aryl methyl sites for hydroxylation is 1. The number of nitrogens with one attached hydrogen (secondary N) is 1. The van der Waals surface area contributed by atoms with Crippen LogP contribution in [0.3, 0.4) is 0 Å². The normalized spacial score (nSPS) is 11.1. The van der Waals surface area contributed by atoms with Gasteiger partial charge < -0.3 is 5.32 Å². The van der Waals surface area contributed by atoms with E-state index in [1.807, 2.05) is 13.8 Å². The highest BCUT2D eigenvalue weighted by Crippen LogP contribution is 2.14. The Kier molecular flexibility index (Phi) is 5.35. The van der Waals surface area contributed by atoms with Crippen molar-refractivity contribution in [2.75, 3.05) is 13.6 Å². The third-order valence-electron chi connectivity index (χ3n) is 2.77. The molecule has 19 heavy (non-hydrogen) atoms. The van der Waals surface area contributed by atoms with Gasteiger partial charge in [0.2, 0.25) is 0 Å². The van der Waals surface area contributed by atoms with Gasteiger partial charge in [-0.3, -0.25) is 0 Å². The Morgan fingerprint density at radius 1 is 1.26 bits per heavy atom. The average molecular weight is 284 g/mol. The molecule has 0 atom stereocenters. The number of urea groups is 1. The Labute approximate surface area is 114 Å². The van der Waals surface area contributed by atoms with Crippen LogP contribution in [0.4, 0.5) is 4.79 Å². The molecule has 1 rings (SSSR count). The molecule has 0 aromatic heterocycles. The lowest BCUT2D eigenvalue weighted by molar-refractivity contribution is 0.228. The van der Waals surface area contributed by atoms with Crippen LogP contribution in [0.5, 0.6) is 0 Å².